The summed E-state index contributed by atoms with van der Waals surface area (Å²) in [7, 11) is -0.983. The fourth-order valence-corrected chi connectivity index (χ4v) is 5.09. The molecule has 1 N–H and O–H groups in total. The predicted molar refractivity (Wildman–Crippen MR) is 134 cm³/mol. The third kappa shape index (κ3) is 5.81. The van der Waals surface area contributed by atoms with Crippen LogP contribution in [-0.4, -0.2) is 62.7 Å². The van der Waals surface area contributed by atoms with Crippen LogP contribution in [0.2, 0.25) is 0 Å². The van der Waals surface area contributed by atoms with Crippen LogP contribution in [-0.2, 0) is 26.0 Å². The van der Waals surface area contributed by atoms with Crippen molar-refractivity contribution in [3.63, 3.8) is 0 Å². The molecule has 0 aliphatic carbocycles. The highest BCUT2D eigenvalue weighted by atomic mass is 32.2. The molecule has 3 aromatic rings. The number of benzene rings is 3. The standard InChI is InChI=1S/C26H31N3O4S/c1-4-24(26(31)27-2)29(17-16-20-10-6-5-7-11-20)25(30)19-28(3)34(32,33)23-15-14-21-12-8-9-13-22(21)18-23/h5-15,18,24H,4,16-17,19H2,1-3H3,(H,27,31)/t24-/m1/s1. The molecule has 0 unspecified atom stereocenters. The second kappa shape index (κ2) is 11.3. The van der Waals surface area contributed by atoms with E-state index < -0.39 is 22.0 Å². The van der Waals surface area contributed by atoms with Crippen LogP contribution >= 0.6 is 0 Å². The topological polar surface area (TPSA) is 86.8 Å². The Balaban J connectivity index is 1.82. The lowest BCUT2D eigenvalue weighted by molar-refractivity contribution is -0.140. The van der Waals surface area contributed by atoms with Crippen molar-refractivity contribution in [2.75, 3.05) is 27.2 Å². The molecular formula is C26H31N3O4S. The smallest absolute Gasteiger partial charge is 0.243 e. The molecular weight excluding hydrogens is 450 g/mol. The van der Waals surface area contributed by atoms with Crippen molar-refractivity contribution in [1.29, 1.82) is 0 Å². The highest BCUT2D eigenvalue weighted by Crippen LogP contribution is 2.21. The van der Waals surface area contributed by atoms with Crippen LogP contribution in [0.4, 0.5) is 0 Å². The lowest BCUT2D eigenvalue weighted by Crippen LogP contribution is -2.52. The Hall–Kier alpha value is -3.23. The predicted octanol–water partition coefficient (Wildman–Crippen LogP) is 3.06. The molecule has 0 saturated heterocycles. The molecule has 0 fully saturated rings. The zero-order valence-corrected chi connectivity index (χ0v) is 20.6. The second-order valence-electron chi connectivity index (χ2n) is 8.13. The van der Waals surface area contributed by atoms with Crippen LogP contribution in [0, 0.1) is 0 Å². The molecule has 7 nitrogen and oxygen atoms in total. The van der Waals surface area contributed by atoms with Crippen LogP contribution in [0.25, 0.3) is 10.8 Å². The van der Waals surface area contributed by atoms with Gasteiger partial charge in [-0.1, -0.05) is 67.6 Å². The van der Waals surface area contributed by atoms with Crippen molar-refractivity contribution in [2.24, 2.45) is 0 Å². The van der Waals surface area contributed by atoms with Crippen LogP contribution in [0.5, 0.6) is 0 Å². The number of sulfonamides is 1. The highest BCUT2D eigenvalue weighted by Gasteiger charge is 2.31. The molecule has 0 aliphatic rings. The third-order valence-corrected chi connectivity index (χ3v) is 7.70. The number of carbonyl (C=O) groups excluding carboxylic acids is 2. The Kier molecular flexibility index (Phi) is 8.41. The van der Waals surface area contributed by atoms with E-state index in [-0.39, 0.29) is 17.3 Å². The van der Waals surface area contributed by atoms with Crippen LogP contribution in [0.1, 0.15) is 18.9 Å². The van der Waals surface area contributed by atoms with Gasteiger partial charge in [-0.3, -0.25) is 9.59 Å². The molecule has 0 radical (unpaired) electrons. The second-order valence-corrected chi connectivity index (χ2v) is 10.2. The number of nitrogens with one attached hydrogen (secondary N) is 1. The van der Waals surface area contributed by atoms with Crippen molar-refractivity contribution >= 4 is 32.6 Å². The summed E-state index contributed by atoms with van der Waals surface area (Å²) in [5.74, 6) is -0.692. The van der Waals surface area contributed by atoms with E-state index in [1.54, 1.807) is 18.2 Å². The van der Waals surface area contributed by atoms with E-state index in [0.717, 1.165) is 20.6 Å². The lowest BCUT2D eigenvalue weighted by atomic mass is 10.1. The van der Waals surface area contributed by atoms with Crippen molar-refractivity contribution in [3.8, 4) is 0 Å². The van der Waals surface area contributed by atoms with Crippen molar-refractivity contribution in [3.05, 3.63) is 78.4 Å². The minimum Gasteiger partial charge on any atom is -0.357 e. The Morgan fingerprint density at radius 2 is 1.59 bits per heavy atom. The summed E-state index contributed by atoms with van der Waals surface area (Å²) >= 11 is 0. The maximum absolute atomic E-state index is 13.3. The van der Waals surface area contributed by atoms with E-state index >= 15 is 0 Å². The Bertz CT molecular complexity index is 1250. The normalized spacial score (nSPS) is 12.5. The molecule has 0 heterocycles. The average Bonchev–Trinajstić information content (AvgIpc) is 2.86. The third-order valence-electron chi connectivity index (χ3n) is 5.90. The van der Waals surface area contributed by atoms with E-state index in [2.05, 4.69) is 5.32 Å². The first-order valence-corrected chi connectivity index (χ1v) is 12.7. The van der Waals surface area contributed by atoms with Gasteiger partial charge in [0.1, 0.15) is 6.04 Å². The number of nitrogens with zero attached hydrogens (tertiary/aromatic N) is 2. The fourth-order valence-electron chi connectivity index (χ4n) is 3.94. The molecule has 0 spiro atoms. The highest BCUT2D eigenvalue weighted by molar-refractivity contribution is 7.89. The van der Waals surface area contributed by atoms with Crippen molar-refractivity contribution < 1.29 is 18.0 Å². The molecule has 0 saturated carbocycles. The summed E-state index contributed by atoms with van der Waals surface area (Å²) in [5, 5.41) is 4.35. The summed E-state index contributed by atoms with van der Waals surface area (Å²) in [5.41, 5.74) is 1.03. The minimum atomic E-state index is -3.90. The zero-order valence-electron chi connectivity index (χ0n) is 19.8. The molecule has 0 aromatic heterocycles. The molecule has 8 heteroatoms. The number of fused-ring (bicyclic) bond motifs is 1. The van der Waals surface area contributed by atoms with E-state index in [1.807, 2.05) is 61.5 Å². The van der Waals surface area contributed by atoms with Gasteiger partial charge in [0.2, 0.25) is 21.8 Å². The molecule has 1 atom stereocenters. The van der Waals surface area contributed by atoms with Crippen LogP contribution in [0.15, 0.2) is 77.7 Å². The van der Waals surface area contributed by atoms with E-state index in [9.17, 15) is 18.0 Å². The quantitative estimate of drug-likeness (QED) is 0.482. The van der Waals surface area contributed by atoms with E-state index in [4.69, 9.17) is 0 Å². The maximum Gasteiger partial charge on any atom is 0.243 e. The molecule has 2 amide bonds. The van der Waals surface area contributed by atoms with Gasteiger partial charge in [-0.2, -0.15) is 4.31 Å². The van der Waals surface area contributed by atoms with Gasteiger partial charge in [-0.25, -0.2) is 8.42 Å². The van der Waals surface area contributed by atoms with Gasteiger partial charge in [0.05, 0.1) is 11.4 Å². The first-order chi connectivity index (χ1) is 16.3. The number of likely N-dealkylation sites (N-methyl/N-ethyl adjacent to an activating group) is 2. The van der Waals surface area contributed by atoms with Gasteiger partial charge >= 0.3 is 0 Å². The number of carbonyl (C=O) groups is 2. The number of hydrogen-bond donors (Lipinski definition) is 1. The summed E-state index contributed by atoms with van der Waals surface area (Å²) in [6.45, 7) is 1.77. The number of hydrogen-bond acceptors (Lipinski definition) is 4. The molecule has 3 aromatic carbocycles. The summed E-state index contributed by atoms with van der Waals surface area (Å²) in [6, 6.07) is 21.4. The lowest BCUT2D eigenvalue weighted by Gasteiger charge is -2.31. The Labute approximate surface area is 201 Å². The van der Waals surface area contributed by atoms with E-state index in [1.165, 1.54) is 19.0 Å². The van der Waals surface area contributed by atoms with Crippen molar-refractivity contribution in [2.45, 2.75) is 30.7 Å². The van der Waals surface area contributed by atoms with Gasteiger partial charge in [-0.15, -0.1) is 0 Å². The van der Waals surface area contributed by atoms with Gasteiger partial charge in [0.15, 0.2) is 0 Å². The van der Waals surface area contributed by atoms with Gasteiger partial charge in [-0.05, 0) is 41.3 Å². The molecule has 34 heavy (non-hydrogen) atoms. The van der Waals surface area contributed by atoms with Gasteiger partial charge in [0, 0.05) is 20.6 Å². The summed E-state index contributed by atoms with van der Waals surface area (Å²) < 4.78 is 27.5. The number of rotatable bonds is 10. The largest absolute Gasteiger partial charge is 0.357 e. The average molecular weight is 482 g/mol. The van der Waals surface area contributed by atoms with Crippen molar-refractivity contribution in [1.82, 2.24) is 14.5 Å². The molecule has 0 bridgehead atoms. The van der Waals surface area contributed by atoms with Crippen LogP contribution < -0.4 is 5.32 Å². The SMILES string of the molecule is CC[C@H](C(=O)NC)N(CCc1ccccc1)C(=O)CN(C)S(=O)(=O)c1ccc2ccccc2c1. The molecule has 180 valence electrons. The first kappa shape index (κ1) is 25.4. The van der Waals surface area contributed by atoms with Gasteiger partial charge in [0.25, 0.3) is 0 Å². The molecule has 0 aliphatic heterocycles. The minimum absolute atomic E-state index is 0.121. The van der Waals surface area contributed by atoms with E-state index in [0.29, 0.717) is 19.4 Å². The molecule has 3 rings (SSSR count). The van der Waals surface area contributed by atoms with Gasteiger partial charge < -0.3 is 10.2 Å². The summed E-state index contributed by atoms with van der Waals surface area (Å²) in [6.07, 6.45) is 0.975. The monoisotopic (exact) mass is 481 g/mol. The summed E-state index contributed by atoms with van der Waals surface area (Å²) in [4.78, 5) is 27.4. The maximum atomic E-state index is 13.3. The Morgan fingerprint density at radius 1 is 0.941 bits per heavy atom. The first-order valence-electron chi connectivity index (χ1n) is 11.3. The number of amides is 2. The fraction of sp³-hybridized carbons (Fsp3) is 0.308. The zero-order chi connectivity index (χ0) is 24.7. The van der Waals surface area contributed by atoms with Crippen LogP contribution in [0.3, 0.4) is 0 Å². The Morgan fingerprint density at radius 3 is 2.24 bits per heavy atom.